The molecule has 1 unspecified atom stereocenters. The standard InChI is InChI=1S/C28H41NO17/c1-9-38-28(8)45-25-24(41-17(7)35)22(19(11-37-14(4)32)43-27(25)46-28)44-26-20(29-12(2)30)23(40-16(6)34)21(39-15(5)33)18(42-26)10-36-13(3)31/h18-27H,9-11H2,1-8H3,(H,29,30)/t18-,19-,20-,21-,22-,23-,24+,25-,26+,27-,28?/m1/s1. The number of hydrogen-bond acceptors (Lipinski definition) is 17. The summed E-state index contributed by atoms with van der Waals surface area (Å²) in [5.74, 6) is -5.95. The van der Waals surface area contributed by atoms with Gasteiger partial charge in [0.25, 0.3) is 5.97 Å². The van der Waals surface area contributed by atoms with Crippen LogP contribution in [0.1, 0.15) is 55.4 Å². The zero-order valence-electron chi connectivity index (χ0n) is 26.8. The van der Waals surface area contributed by atoms with Gasteiger partial charge in [-0.15, -0.1) is 0 Å². The highest BCUT2D eigenvalue weighted by Gasteiger charge is 2.61. The van der Waals surface area contributed by atoms with Crippen molar-refractivity contribution in [1.82, 2.24) is 5.32 Å². The van der Waals surface area contributed by atoms with Gasteiger partial charge in [-0.25, -0.2) is 0 Å². The molecule has 0 spiro atoms. The minimum atomic E-state index is -1.61. The minimum absolute atomic E-state index is 0.185. The van der Waals surface area contributed by atoms with Crippen molar-refractivity contribution in [1.29, 1.82) is 0 Å². The average molecular weight is 664 g/mol. The molecule has 46 heavy (non-hydrogen) atoms. The smallest absolute Gasteiger partial charge is 0.303 e. The summed E-state index contributed by atoms with van der Waals surface area (Å²) < 4.78 is 62.9. The van der Waals surface area contributed by atoms with E-state index in [9.17, 15) is 28.8 Å². The van der Waals surface area contributed by atoms with Gasteiger partial charge in [0.05, 0.1) is 0 Å². The fraction of sp³-hybridized carbons (Fsp3) is 0.786. The molecule has 3 saturated heterocycles. The molecule has 0 bridgehead atoms. The van der Waals surface area contributed by atoms with E-state index in [1.165, 1.54) is 20.8 Å². The van der Waals surface area contributed by atoms with Gasteiger partial charge in [-0.1, -0.05) is 0 Å². The second-order valence-electron chi connectivity index (χ2n) is 10.7. The third-order valence-corrected chi connectivity index (χ3v) is 6.79. The highest BCUT2D eigenvalue weighted by atomic mass is 16.9. The number of carbonyl (C=O) groups excluding carboxylic acids is 6. The largest absolute Gasteiger partial charge is 0.463 e. The van der Waals surface area contributed by atoms with Crippen LogP contribution in [0.3, 0.4) is 0 Å². The van der Waals surface area contributed by atoms with Gasteiger partial charge in [-0.2, -0.15) is 0 Å². The van der Waals surface area contributed by atoms with Gasteiger partial charge in [0, 0.05) is 55.1 Å². The maximum Gasteiger partial charge on any atom is 0.303 e. The van der Waals surface area contributed by atoms with E-state index in [0.717, 1.165) is 27.7 Å². The Labute approximate surface area is 264 Å². The molecule has 0 radical (unpaired) electrons. The van der Waals surface area contributed by atoms with Crippen molar-refractivity contribution < 1.29 is 80.9 Å². The first-order valence-corrected chi connectivity index (χ1v) is 14.5. The number of rotatable bonds is 12. The van der Waals surface area contributed by atoms with Crippen molar-refractivity contribution >= 4 is 35.8 Å². The Kier molecular flexibility index (Phi) is 12.8. The maximum absolute atomic E-state index is 12.4. The Balaban J connectivity index is 2.09. The van der Waals surface area contributed by atoms with Crippen molar-refractivity contribution in [3.63, 3.8) is 0 Å². The molecule has 3 fully saturated rings. The molecule has 0 aromatic carbocycles. The van der Waals surface area contributed by atoms with Gasteiger partial charge in [0.15, 0.2) is 37.0 Å². The van der Waals surface area contributed by atoms with Crippen LogP contribution in [-0.4, -0.2) is 123 Å². The highest BCUT2D eigenvalue weighted by Crippen LogP contribution is 2.41. The van der Waals surface area contributed by atoms with Gasteiger partial charge in [0.2, 0.25) is 5.91 Å². The van der Waals surface area contributed by atoms with Crippen LogP contribution in [0.5, 0.6) is 0 Å². The van der Waals surface area contributed by atoms with Crippen LogP contribution >= 0.6 is 0 Å². The molecular formula is C28H41NO17. The van der Waals surface area contributed by atoms with Crippen LogP contribution < -0.4 is 5.32 Å². The molecule has 11 atom stereocenters. The van der Waals surface area contributed by atoms with E-state index < -0.39 is 116 Å². The first-order chi connectivity index (χ1) is 21.5. The third-order valence-electron chi connectivity index (χ3n) is 6.79. The lowest BCUT2D eigenvalue weighted by Crippen LogP contribution is -2.69. The van der Waals surface area contributed by atoms with E-state index in [1.54, 1.807) is 6.92 Å². The summed E-state index contributed by atoms with van der Waals surface area (Å²) in [6, 6.07) is -1.36. The topological polar surface area (TPSA) is 216 Å². The van der Waals surface area contributed by atoms with Crippen LogP contribution in [0.4, 0.5) is 0 Å². The number of nitrogens with one attached hydrogen (secondary N) is 1. The van der Waals surface area contributed by atoms with Gasteiger partial charge in [-0.05, 0) is 6.92 Å². The predicted octanol–water partition coefficient (Wildman–Crippen LogP) is -0.627. The van der Waals surface area contributed by atoms with E-state index in [0.29, 0.717) is 0 Å². The van der Waals surface area contributed by atoms with Gasteiger partial charge < -0.3 is 52.7 Å². The lowest BCUT2D eigenvalue weighted by Gasteiger charge is -2.48. The lowest BCUT2D eigenvalue weighted by atomic mass is 9.94. The quantitative estimate of drug-likeness (QED) is 0.203. The molecule has 0 aromatic heterocycles. The number of esters is 5. The van der Waals surface area contributed by atoms with E-state index in [2.05, 4.69) is 5.32 Å². The zero-order chi connectivity index (χ0) is 34.3. The Morgan fingerprint density at radius 3 is 1.70 bits per heavy atom. The van der Waals surface area contributed by atoms with E-state index in [4.69, 9.17) is 52.1 Å². The van der Waals surface area contributed by atoms with Crippen LogP contribution in [0.25, 0.3) is 0 Å². The van der Waals surface area contributed by atoms with Crippen molar-refractivity contribution in [2.24, 2.45) is 0 Å². The second-order valence-corrected chi connectivity index (χ2v) is 10.7. The minimum Gasteiger partial charge on any atom is -0.463 e. The molecule has 1 N–H and O–H groups in total. The van der Waals surface area contributed by atoms with E-state index in [1.807, 2.05) is 0 Å². The summed E-state index contributed by atoms with van der Waals surface area (Å²) in [6.45, 7) is 9.28. The summed E-state index contributed by atoms with van der Waals surface area (Å²) in [5, 5.41) is 2.59. The fourth-order valence-electron chi connectivity index (χ4n) is 5.30. The molecule has 3 heterocycles. The Morgan fingerprint density at radius 2 is 1.20 bits per heavy atom. The molecule has 3 rings (SSSR count). The molecule has 18 heteroatoms. The first kappa shape index (κ1) is 37.0. The van der Waals surface area contributed by atoms with Crippen LogP contribution in [-0.2, 0) is 80.9 Å². The molecular weight excluding hydrogens is 622 g/mol. The van der Waals surface area contributed by atoms with Gasteiger partial charge >= 0.3 is 29.8 Å². The summed E-state index contributed by atoms with van der Waals surface area (Å²) in [5.41, 5.74) is 0. The number of carbonyl (C=O) groups is 6. The molecule has 0 saturated carbocycles. The van der Waals surface area contributed by atoms with Crippen LogP contribution in [0, 0.1) is 0 Å². The molecule has 3 aliphatic rings. The Morgan fingerprint density at radius 1 is 0.674 bits per heavy atom. The van der Waals surface area contributed by atoms with E-state index >= 15 is 0 Å². The van der Waals surface area contributed by atoms with Gasteiger partial charge in [0.1, 0.15) is 37.6 Å². The van der Waals surface area contributed by atoms with Crippen molar-refractivity contribution in [2.75, 3.05) is 19.8 Å². The lowest BCUT2D eigenvalue weighted by molar-refractivity contribution is -0.345. The zero-order valence-corrected chi connectivity index (χ0v) is 26.8. The fourth-order valence-corrected chi connectivity index (χ4v) is 5.30. The van der Waals surface area contributed by atoms with Crippen molar-refractivity contribution in [2.45, 2.75) is 123 Å². The highest BCUT2D eigenvalue weighted by molar-refractivity contribution is 5.73. The first-order valence-electron chi connectivity index (χ1n) is 14.5. The summed E-state index contributed by atoms with van der Waals surface area (Å²) in [7, 11) is 0. The van der Waals surface area contributed by atoms with Gasteiger partial charge in [-0.3, -0.25) is 33.5 Å². The monoisotopic (exact) mass is 663 g/mol. The van der Waals surface area contributed by atoms with Crippen molar-refractivity contribution in [3.05, 3.63) is 0 Å². The average Bonchev–Trinajstić information content (AvgIpc) is 3.25. The molecule has 260 valence electrons. The summed E-state index contributed by atoms with van der Waals surface area (Å²) >= 11 is 0. The number of ether oxygens (including phenoxy) is 11. The summed E-state index contributed by atoms with van der Waals surface area (Å²) in [6.07, 6.45) is -11.9. The molecule has 0 aromatic rings. The molecule has 18 nitrogen and oxygen atoms in total. The molecule has 3 aliphatic heterocycles. The Hall–Kier alpha value is -3.42. The second kappa shape index (κ2) is 15.9. The SMILES string of the molecule is CCOC1(C)O[C@H]2O[C@H](COC(C)=O)[C@@H](O[C@@H]3O[C@H](COC(C)=O)[C@@H](OC(C)=O)[C@H](OC(C)=O)[C@H]3NC(C)=O)[C@H](OC(C)=O)[C@H]2O1. The van der Waals surface area contributed by atoms with E-state index in [-0.39, 0.29) is 6.61 Å². The Bertz CT molecular complexity index is 1150. The molecule has 1 amide bonds. The van der Waals surface area contributed by atoms with Crippen LogP contribution in [0.2, 0.25) is 0 Å². The van der Waals surface area contributed by atoms with Crippen LogP contribution in [0.15, 0.2) is 0 Å². The molecule has 0 aliphatic carbocycles. The van der Waals surface area contributed by atoms with Crippen molar-refractivity contribution in [3.8, 4) is 0 Å². The predicted molar refractivity (Wildman–Crippen MR) is 146 cm³/mol. The normalized spacial score (nSPS) is 35.2. The third kappa shape index (κ3) is 9.79. The maximum atomic E-state index is 12.4. The number of amides is 1. The summed E-state index contributed by atoms with van der Waals surface area (Å²) in [4.78, 5) is 72.6. The number of hydrogen-bond donors (Lipinski definition) is 1. The number of fused-ring (bicyclic) bond motifs is 1.